The van der Waals surface area contributed by atoms with Gasteiger partial charge in [-0.1, -0.05) is 27.0 Å². The average molecular weight is 202 g/mol. The predicted molar refractivity (Wildman–Crippen MR) is 33.3 cm³/mol. The van der Waals surface area contributed by atoms with Gasteiger partial charge in [-0.15, -0.1) is 0 Å². The zero-order chi connectivity index (χ0) is 6.57. The third-order valence-corrected chi connectivity index (χ3v) is 1.55. The Morgan fingerprint density at radius 3 is 2.50 bits per heavy atom. The van der Waals surface area contributed by atoms with Gasteiger partial charge in [-0.25, -0.2) is 0 Å². The van der Waals surface area contributed by atoms with Crippen LogP contribution in [-0.2, 0) is 11.1 Å². The third-order valence-electron chi connectivity index (χ3n) is 0.523. The van der Waals surface area contributed by atoms with Crippen molar-refractivity contribution in [3.05, 3.63) is 0 Å². The van der Waals surface area contributed by atoms with Crippen molar-refractivity contribution in [1.29, 1.82) is 0 Å². The highest BCUT2D eigenvalue weighted by molar-refractivity contribution is 9.09. The molecule has 3 nitrogen and oxygen atoms in total. The van der Waals surface area contributed by atoms with Crippen molar-refractivity contribution >= 4 is 27.0 Å². The molecule has 0 aromatic carbocycles. The lowest BCUT2D eigenvalue weighted by Crippen LogP contribution is -2.03. The summed E-state index contributed by atoms with van der Waals surface area (Å²) >= 11 is 0.759. The van der Waals surface area contributed by atoms with Crippen molar-refractivity contribution in [1.82, 2.24) is 0 Å². The first-order valence-corrected chi connectivity index (χ1v) is 4.17. The molecule has 1 N–H and O–H groups in total. The van der Waals surface area contributed by atoms with Gasteiger partial charge in [-0.3, -0.25) is 4.21 Å². The van der Waals surface area contributed by atoms with Crippen molar-refractivity contribution in [2.75, 3.05) is 5.75 Å². The Kier molecular flexibility index (Phi) is 4.74. The fourth-order valence-corrected chi connectivity index (χ4v) is 1.14. The van der Waals surface area contributed by atoms with E-state index in [2.05, 4.69) is 15.9 Å². The molecule has 2 unspecified atom stereocenters. The highest BCUT2D eigenvalue weighted by Crippen LogP contribution is 1.99. The summed E-state index contributed by atoms with van der Waals surface area (Å²) < 4.78 is 19.5. The molecular weight excluding hydrogens is 196 g/mol. The van der Waals surface area contributed by atoms with Crippen LogP contribution >= 0.6 is 15.9 Å². The Hall–Kier alpha value is 0.550. The van der Waals surface area contributed by atoms with Crippen LogP contribution in [-0.4, -0.2) is 24.6 Å². The Balaban J connectivity index is 3.05. The van der Waals surface area contributed by atoms with Gasteiger partial charge in [0.1, 0.15) is 5.01 Å². The zero-order valence-electron chi connectivity index (χ0n) is 4.04. The van der Waals surface area contributed by atoms with Crippen LogP contribution in [0.2, 0.25) is 0 Å². The van der Waals surface area contributed by atoms with Gasteiger partial charge in [-0.2, -0.15) is 0 Å². The first-order chi connectivity index (χ1) is 3.63. The van der Waals surface area contributed by atoms with Crippen LogP contribution < -0.4 is 0 Å². The summed E-state index contributed by atoms with van der Waals surface area (Å²) in [5, 5.41) is 7.75. The lowest BCUT2D eigenvalue weighted by Gasteiger charge is -2.03. The van der Waals surface area contributed by atoms with Crippen molar-refractivity contribution in [3.63, 3.8) is 0 Å². The number of aliphatic hydroxyl groups excluding tert-OH is 1. The van der Waals surface area contributed by atoms with Crippen LogP contribution in [0.15, 0.2) is 0 Å². The topological polar surface area (TPSA) is 60.4 Å². The largest absolute Gasteiger partial charge is 0.772 e. The summed E-state index contributed by atoms with van der Waals surface area (Å²) in [7, 11) is 0. The molecule has 0 saturated carbocycles. The van der Waals surface area contributed by atoms with E-state index in [1.807, 2.05) is 0 Å². The minimum atomic E-state index is -2.03. The smallest absolute Gasteiger partial charge is 0.109 e. The molecule has 0 bridgehead atoms. The second-order valence-corrected chi connectivity index (χ2v) is 3.30. The first-order valence-electron chi connectivity index (χ1n) is 2.01. The van der Waals surface area contributed by atoms with Crippen LogP contribution in [0, 0.1) is 0 Å². The molecule has 0 aliphatic rings. The molecule has 0 heterocycles. The number of hydrogen-bond donors (Lipinski definition) is 1. The maximum absolute atomic E-state index is 9.77. The van der Waals surface area contributed by atoms with E-state index in [4.69, 9.17) is 5.11 Å². The molecule has 0 radical (unpaired) electrons. The summed E-state index contributed by atoms with van der Waals surface area (Å²) in [6, 6.07) is 0. The Morgan fingerprint density at radius 1 is 1.88 bits per heavy atom. The minimum absolute atomic E-state index is 0.00637. The van der Waals surface area contributed by atoms with Crippen LogP contribution in [0.1, 0.15) is 6.42 Å². The highest BCUT2D eigenvalue weighted by Gasteiger charge is 1.94. The Labute approximate surface area is 58.5 Å². The van der Waals surface area contributed by atoms with E-state index in [-0.39, 0.29) is 12.2 Å². The fraction of sp³-hybridized carbons (Fsp3) is 1.00. The number of rotatable bonds is 3. The molecule has 0 aliphatic heterocycles. The van der Waals surface area contributed by atoms with Crippen molar-refractivity contribution < 1.29 is 13.9 Å². The van der Waals surface area contributed by atoms with Gasteiger partial charge in [0, 0.05) is 5.75 Å². The maximum atomic E-state index is 9.77. The number of halogens is 1. The van der Waals surface area contributed by atoms with Crippen LogP contribution in [0.25, 0.3) is 0 Å². The molecule has 2 atom stereocenters. The lowest BCUT2D eigenvalue weighted by molar-refractivity contribution is 0.266. The molecule has 5 heteroatoms. The molecule has 0 rings (SSSR count). The monoisotopic (exact) mass is 201 g/mol. The molecule has 50 valence electrons. The maximum Gasteiger partial charge on any atom is 0.109 e. The molecule has 8 heavy (non-hydrogen) atoms. The SMILES string of the molecule is O=S([O-])CCC(O)Br. The summed E-state index contributed by atoms with van der Waals surface area (Å²) in [4.78, 5) is 0. The van der Waals surface area contributed by atoms with Gasteiger partial charge in [0.2, 0.25) is 0 Å². The Morgan fingerprint density at radius 2 is 2.38 bits per heavy atom. The number of alkyl halides is 1. The van der Waals surface area contributed by atoms with Crippen LogP contribution in [0.5, 0.6) is 0 Å². The van der Waals surface area contributed by atoms with E-state index in [1.54, 1.807) is 0 Å². The van der Waals surface area contributed by atoms with Gasteiger partial charge < -0.3 is 9.66 Å². The zero-order valence-corrected chi connectivity index (χ0v) is 6.44. The van der Waals surface area contributed by atoms with E-state index in [0.717, 1.165) is 0 Å². The molecule has 0 saturated heterocycles. The standard InChI is InChI=1S/C3H7BrO3S/c4-3(5)1-2-8(6)7/h3,5H,1-2H2,(H,6,7)/p-1. The lowest BCUT2D eigenvalue weighted by atomic mass is 10.5. The van der Waals surface area contributed by atoms with Gasteiger partial charge in [0.25, 0.3) is 0 Å². The summed E-state index contributed by atoms with van der Waals surface area (Å²) in [6.07, 6.45) is 0.246. The van der Waals surface area contributed by atoms with E-state index in [1.165, 1.54) is 0 Å². The van der Waals surface area contributed by atoms with Crippen LogP contribution in [0.3, 0.4) is 0 Å². The molecule has 0 spiro atoms. The number of hydrogen-bond acceptors (Lipinski definition) is 3. The van der Waals surface area contributed by atoms with Crippen LogP contribution in [0.4, 0.5) is 0 Å². The molecule has 0 amide bonds. The van der Waals surface area contributed by atoms with Crippen molar-refractivity contribution in [3.8, 4) is 0 Å². The van der Waals surface area contributed by atoms with Gasteiger partial charge in [0.05, 0.1) is 0 Å². The van der Waals surface area contributed by atoms with Gasteiger partial charge in [0.15, 0.2) is 0 Å². The molecule has 0 aromatic heterocycles. The fourth-order valence-electron chi connectivity index (χ4n) is 0.193. The van der Waals surface area contributed by atoms with Gasteiger partial charge in [-0.05, 0) is 6.42 Å². The van der Waals surface area contributed by atoms with E-state index >= 15 is 0 Å². The quantitative estimate of drug-likeness (QED) is 0.516. The van der Waals surface area contributed by atoms with E-state index in [9.17, 15) is 8.76 Å². The Bertz CT molecular complexity index is 84.6. The second-order valence-electron chi connectivity index (χ2n) is 1.23. The second kappa shape index (κ2) is 4.43. The molecule has 0 aromatic rings. The van der Waals surface area contributed by atoms with E-state index < -0.39 is 16.1 Å². The number of aliphatic hydroxyl groups is 1. The summed E-state index contributed by atoms with van der Waals surface area (Å²) in [5.74, 6) is 0.00637. The normalized spacial score (nSPS) is 17.9. The molecule has 0 fully saturated rings. The third kappa shape index (κ3) is 6.55. The van der Waals surface area contributed by atoms with E-state index in [0.29, 0.717) is 0 Å². The minimum Gasteiger partial charge on any atom is -0.772 e. The molecular formula is C3H6BrO3S-. The average Bonchev–Trinajstić information content (AvgIpc) is 1.61. The van der Waals surface area contributed by atoms with Crippen molar-refractivity contribution in [2.24, 2.45) is 0 Å². The summed E-state index contributed by atoms with van der Waals surface area (Å²) in [5.41, 5.74) is 0. The highest BCUT2D eigenvalue weighted by atomic mass is 79.9. The summed E-state index contributed by atoms with van der Waals surface area (Å²) in [6.45, 7) is 0. The first kappa shape index (κ1) is 8.55. The predicted octanol–water partition coefficient (Wildman–Crippen LogP) is -0.0311. The van der Waals surface area contributed by atoms with Crippen molar-refractivity contribution in [2.45, 2.75) is 11.4 Å². The van der Waals surface area contributed by atoms with Gasteiger partial charge >= 0.3 is 0 Å². The molecule has 0 aliphatic carbocycles.